The fraction of sp³-hybridized carbons (Fsp3) is 0.538. The van der Waals surface area contributed by atoms with Gasteiger partial charge in [-0.1, -0.05) is 0 Å². The molecule has 1 aliphatic rings. The highest BCUT2D eigenvalue weighted by Crippen LogP contribution is 2.07. The third-order valence-corrected chi connectivity index (χ3v) is 3.42. The first-order chi connectivity index (χ1) is 9.58. The van der Waals surface area contributed by atoms with E-state index in [9.17, 15) is 9.59 Å². The number of nitrogens with two attached hydrogens (primary N) is 2. The van der Waals surface area contributed by atoms with Crippen LogP contribution in [0.3, 0.4) is 0 Å². The number of amides is 1. The molecule has 110 valence electrons. The van der Waals surface area contributed by atoms with E-state index in [0.717, 1.165) is 6.42 Å². The fourth-order valence-electron chi connectivity index (χ4n) is 2.34. The van der Waals surface area contributed by atoms with Crippen molar-refractivity contribution < 1.29 is 9.53 Å². The number of rotatable bonds is 5. The Hall–Kier alpha value is -1.86. The van der Waals surface area contributed by atoms with Gasteiger partial charge in [-0.2, -0.15) is 0 Å². The molecule has 1 atom stereocenters. The molecule has 0 aliphatic carbocycles. The van der Waals surface area contributed by atoms with Crippen molar-refractivity contribution in [1.82, 2.24) is 9.47 Å². The van der Waals surface area contributed by atoms with E-state index in [1.807, 2.05) is 4.90 Å². The lowest BCUT2D eigenvalue weighted by Crippen LogP contribution is -2.52. The largest absolute Gasteiger partial charge is 0.398 e. The first-order valence-electron chi connectivity index (χ1n) is 6.65. The van der Waals surface area contributed by atoms with E-state index >= 15 is 0 Å². The number of nitrogen functional groups attached to an aromatic ring is 1. The van der Waals surface area contributed by atoms with Crippen LogP contribution in [0, 0.1) is 0 Å². The molecule has 1 unspecified atom stereocenters. The van der Waals surface area contributed by atoms with Gasteiger partial charge < -0.3 is 20.8 Å². The molecule has 1 aromatic heterocycles. The zero-order valence-corrected chi connectivity index (χ0v) is 11.3. The lowest BCUT2D eigenvalue weighted by Gasteiger charge is -2.33. The molecule has 1 fully saturated rings. The lowest BCUT2D eigenvalue weighted by atomic mass is 10.2. The summed E-state index contributed by atoms with van der Waals surface area (Å²) < 4.78 is 6.84. The topological polar surface area (TPSA) is 104 Å². The molecule has 0 radical (unpaired) electrons. The maximum atomic E-state index is 11.6. The Morgan fingerprint density at radius 3 is 2.95 bits per heavy atom. The predicted octanol–water partition coefficient (Wildman–Crippen LogP) is -0.993. The van der Waals surface area contributed by atoms with Crippen molar-refractivity contribution in [1.29, 1.82) is 0 Å². The van der Waals surface area contributed by atoms with E-state index in [-0.39, 0.29) is 17.5 Å². The Kier molecular flexibility index (Phi) is 4.75. The molecule has 0 aromatic carbocycles. The minimum Gasteiger partial charge on any atom is -0.398 e. The first-order valence-corrected chi connectivity index (χ1v) is 6.65. The summed E-state index contributed by atoms with van der Waals surface area (Å²) in [4.78, 5) is 25.0. The van der Waals surface area contributed by atoms with Gasteiger partial charge in [0, 0.05) is 37.6 Å². The van der Waals surface area contributed by atoms with Crippen molar-refractivity contribution in [2.75, 3.05) is 32.0 Å². The Morgan fingerprint density at radius 2 is 2.20 bits per heavy atom. The van der Waals surface area contributed by atoms with Gasteiger partial charge in [0.15, 0.2) is 0 Å². The zero-order valence-electron chi connectivity index (χ0n) is 11.3. The maximum Gasteiger partial charge on any atom is 0.250 e. The number of morpholine rings is 1. The first kappa shape index (κ1) is 14.5. The van der Waals surface area contributed by atoms with Crippen LogP contribution in [-0.2, 0) is 16.1 Å². The molecule has 0 saturated carbocycles. The van der Waals surface area contributed by atoms with Gasteiger partial charge in [-0.3, -0.25) is 14.5 Å². The molecular weight excluding hydrogens is 260 g/mol. The molecule has 1 saturated heterocycles. The molecule has 2 heterocycles. The highest BCUT2D eigenvalue weighted by atomic mass is 16.5. The van der Waals surface area contributed by atoms with Crippen LogP contribution in [0.2, 0.25) is 0 Å². The summed E-state index contributed by atoms with van der Waals surface area (Å²) in [5.74, 6) is -0.370. The molecule has 7 heteroatoms. The van der Waals surface area contributed by atoms with Gasteiger partial charge in [0.1, 0.15) is 6.04 Å². The Morgan fingerprint density at radius 1 is 1.40 bits per heavy atom. The number of hydrogen-bond donors (Lipinski definition) is 2. The Bertz CT molecular complexity index is 529. The van der Waals surface area contributed by atoms with Crippen molar-refractivity contribution in [3.63, 3.8) is 0 Å². The minimum atomic E-state index is -0.374. The predicted molar refractivity (Wildman–Crippen MR) is 75.1 cm³/mol. The summed E-state index contributed by atoms with van der Waals surface area (Å²) in [6, 6.07) is 2.67. The van der Waals surface area contributed by atoms with Gasteiger partial charge in [0.05, 0.1) is 13.2 Å². The molecule has 2 rings (SSSR count). The van der Waals surface area contributed by atoms with E-state index < -0.39 is 0 Å². The minimum absolute atomic E-state index is 0.0763. The van der Waals surface area contributed by atoms with Crippen LogP contribution in [0.25, 0.3) is 0 Å². The smallest absolute Gasteiger partial charge is 0.250 e. The van der Waals surface area contributed by atoms with Crippen LogP contribution < -0.4 is 17.0 Å². The molecule has 0 bridgehead atoms. The van der Waals surface area contributed by atoms with Crippen molar-refractivity contribution in [2.24, 2.45) is 5.73 Å². The second kappa shape index (κ2) is 6.53. The lowest BCUT2D eigenvalue weighted by molar-refractivity contribution is -0.129. The van der Waals surface area contributed by atoms with E-state index in [4.69, 9.17) is 16.2 Å². The highest BCUT2D eigenvalue weighted by molar-refractivity contribution is 5.80. The summed E-state index contributed by atoms with van der Waals surface area (Å²) in [7, 11) is 0. The normalized spacial score (nSPS) is 19.9. The average molecular weight is 280 g/mol. The van der Waals surface area contributed by atoms with Crippen LogP contribution in [0.15, 0.2) is 23.1 Å². The number of anilines is 1. The Balaban J connectivity index is 1.90. The fourth-order valence-corrected chi connectivity index (χ4v) is 2.34. The number of pyridine rings is 1. The van der Waals surface area contributed by atoms with Crippen molar-refractivity contribution in [3.8, 4) is 0 Å². The van der Waals surface area contributed by atoms with Gasteiger partial charge in [-0.05, 0) is 12.5 Å². The molecule has 1 amide bonds. The van der Waals surface area contributed by atoms with E-state index in [1.54, 1.807) is 16.8 Å². The summed E-state index contributed by atoms with van der Waals surface area (Å²) in [6.07, 6.45) is 2.38. The number of carbonyl (C=O) groups is 1. The van der Waals surface area contributed by atoms with Crippen LogP contribution in [0.5, 0.6) is 0 Å². The number of hydrogen-bond acceptors (Lipinski definition) is 5. The van der Waals surface area contributed by atoms with E-state index in [1.165, 1.54) is 6.07 Å². The van der Waals surface area contributed by atoms with Gasteiger partial charge in [0.2, 0.25) is 5.91 Å². The molecular formula is C13H20N4O3. The molecule has 1 aromatic rings. The quantitative estimate of drug-likeness (QED) is 0.720. The van der Waals surface area contributed by atoms with Crippen LogP contribution in [0.1, 0.15) is 6.42 Å². The summed E-state index contributed by atoms with van der Waals surface area (Å²) in [6.45, 7) is 2.87. The number of nitrogens with zero attached hydrogens (tertiary/aromatic N) is 2. The Labute approximate surface area is 117 Å². The molecule has 7 nitrogen and oxygen atoms in total. The van der Waals surface area contributed by atoms with Crippen molar-refractivity contribution >= 4 is 11.6 Å². The highest BCUT2D eigenvalue weighted by Gasteiger charge is 2.26. The average Bonchev–Trinajstić information content (AvgIpc) is 2.43. The number of aromatic nitrogens is 1. The second-order valence-corrected chi connectivity index (χ2v) is 4.88. The monoisotopic (exact) mass is 280 g/mol. The standard InChI is InChI=1S/C13H20N4O3/c14-10-2-3-12(18)17(8-10)5-1-4-16-6-7-20-9-11(16)13(15)19/h2-3,8,11H,1,4-7,9,14H2,(H2,15,19). The number of aryl methyl sites for hydroxylation is 1. The van der Waals surface area contributed by atoms with Crippen LogP contribution in [-0.4, -0.2) is 47.7 Å². The number of primary amides is 1. The van der Waals surface area contributed by atoms with Gasteiger partial charge >= 0.3 is 0 Å². The third kappa shape index (κ3) is 3.58. The van der Waals surface area contributed by atoms with Crippen molar-refractivity contribution in [3.05, 3.63) is 28.7 Å². The number of ether oxygens (including phenoxy) is 1. The van der Waals surface area contributed by atoms with Gasteiger partial charge in [-0.25, -0.2) is 0 Å². The second-order valence-electron chi connectivity index (χ2n) is 4.88. The molecule has 4 N–H and O–H groups in total. The van der Waals surface area contributed by atoms with E-state index in [2.05, 4.69) is 0 Å². The summed E-state index contributed by atoms with van der Waals surface area (Å²) >= 11 is 0. The molecule has 1 aliphatic heterocycles. The van der Waals surface area contributed by atoms with Crippen LogP contribution in [0.4, 0.5) is 5.69 Å². The summed E-state index contributed by atoms with van der Waals surface area (Å²) in [5, 5.41) is 0. The van der Waals surface area contributed by atoms with E-state index in [0.29, 0.717) is 38.5 Å². The number of carbonyl (C=O) groups excluding carboxylic acids is 1. The zero-order chi connectivity index (χ0) is 14.5. The summed E-state index contributed by atoms with van der Waals surface area (Å²) in [5.41, 5.74) is 11.5. The van der Waals surface area contributed by atoms with Gasteiger partial charge in [-0.15, -0.1) is 0 Å². The van der Waals surface area contributed by atoms with Crippen molar-refractivity contribution in [2.45, 2.75) is 19.0 Å². The molecule has 20 heavy (non-hydrogen) atoms. The van der Waals surface area contributed by atoms with Gasteiger partial charge in [0.25, 0.3) is 5.56 Å². The maximum absolute atomic E-state index is 11.6. The SMILES string of the molecule is NC(=O)C1COCCN1CCCn1cc(N)ccc1=O. The molecule has 0 spiro atoms. The third-order valence-electron chi connectivity index (χ3n) is 3.42. The van der Waals surface area contributed by atoms with Crippen LogP contribution >= 0.6 is 0 Å².